The van der Waals surface area contributed by atoms with Crippen LogP contribution in [0.4, 0.5) is 5.69 Å². The Morgan fingerprint density at radius 2 is 2.00 bits per heavy atom. The molecule has 0 bridgehead atoms. The number of anilines is 1. The number of amides is 1. The first kappa shape index (κ1) is 17.4. The minimum absolute atomic E-state index is 0.00227. The van der Waals surface area contributed by atoms with Crippen LogP contribution in [0.15, 0.2) is 36.4 Å². The minimum atomic E-state index is 0.00227. The van der Waals surface area contributed by atoms with Crippen molar-refractivity contribution in [2.45, 2.75) is 57.5 Å². The van der Waals surface area contributed by atoms with Gasteiger partial charge in [-0.2, -0.15) is 0 Å². The van der Waals surface area contributed by atoms with Gasteiger partial charge in [-0.1, -0.05) is 29.3 Å². The lowest BCUT2D eigenvalue weighted by molar-refractivity contribution is 0.0943. The number of fused-ring (bicyclic) bond motifs is 2. The van der Waals surface area contributed by atoms with Crippen LogP contribution < -0.4 is 10.6 Å². The molecule has 1 aliphatic heterocycles. The summed E-state index contributed by atoms with van der Waals surface area (Å²) in [5.41, 5.74) is 5.75. The molecule has 4 heteroatoms. The van der Waals surface area contributed by atoms with E-state index in [2.05, 4.69) is 41.8 Å². The van der Waals surface area contributed by atoms with Crippen LogP contribution in [-0.2, 0) is 5.41 Å². The van der Waals surface area contributed by atoms with E-state index in [4.69, 9.17) is 11.6 Å². The zero-order valence-corrected chi connectivity index (χ0v) is 16.3. The fourth-order valence-corrected chi connectivity index (χ4v) is 4.33. The quantitative estimate of drug-likeness (QED) is 0.764. The molecular formula is C22H25ClN2O. The van der Waals surface area contributed by atoms with Crippen molar-refractivity contribution in [2.24, 2.45) is 0 Å². The Bertz CT molecular complexity index is 870. The van der Waals surface area contributed by atoms with Crippen molar-refractivity contribution < 1.29 is 4.79 Å². The number of hydrogen-bond acceptors (Lipinski definition) is 2. The van der Waals surface area contributed by atoms with E-state index in [1.807, 2.05) is 26.0 Å². The minimum Gasteiger partial charge on any atom is -0.378 e. The number of carbonyl (C=O) groups is 1. The lowest BCUT2D eigenvalue weighted by atomic mass is 9.81. The molecule has 2 aliphatic rings. The van der Waals surface area contributed by atoms with Gasteiger partial charge in [0.1, 0.15) is 0 Å². The molecule has 4 rings (SSSR count). The zero-order chi connectivity index (χ0) is 18.5. The van der Waals surface area contributed by atoms with E-state index in [0.717, 1.165) is 22.7 Å². The average Bonchev–Trinajstić information content (AvgIpc) is 3.36. The van der Waals surface area contributed by atoms with Gasteiger partial charge in [0.2, 0.25) is 0 Å². The Kier molecular flexibility index (Phi) is 4.23. The van der Waals surface area contributed by atoms with Crippen LogP contribution in [0.1, 0.15) is 66.2 Å². The van der Waals surface area contributed by atoms with Gasteiger partial charge in [0.15, 0.2) is 0 Å². The van der Waals surface area contributed by atoms with Gasteiger partial charge in [-0.05, 0) is 80.8 Å². The monoisotopic (exact) mass is 368 g/mol. The van der Waals surface area contributed by atoms with Crippen LogP contribution in [-0.4, -0.2) is 11.9 Å². The van der Waals surface area contributed by atoms with E-state index in [9.17, 15) is 4.79 Å². The Morgan fingerprint density at radius 3 is 2.69 bits per heavy atom. The predicted octanol–water partition coefficient (Wildman–Crippen LogP) is 5.38. The van der Waals surface area contributed by atoms with E-state index in [-0.39, 0.29) is 23.4 Å². The van der Waals surface area contributed by atoms with Crippen LogP contribution in [0.25, 0.3) is 0 Å². The molecule has 136 valence electrons. The fraction of sp³-hybridized carbons (Fsp3) is 0.409. The third-order valence-electron chi connectivity index (χ3n) is 5.58. The molecule has 0 saturated heterocycles. The van der Waals surface area contributed by atoms with Crippen molar-refractivity contribution in [1.29, 1.82) is 0 Å². The summed E-state index contributed by atoms with van der Waals surface area (Å²) >= 11 is 6.49. The van der Waals surface area contributed by atoms with Gasteiger partial charge < -0.3 is 10.6 Å². The smallest absolute Gasteiger partial charge is 0.251 e. The second-order valence-corrected chi connectivity index (χ2v) is 8.50. The first-order chi connectivity index (χ1) is 12.4. The maximum atomic E-state index is 12.4. The first-order valence-electron chi connectivity index (χ1n) is 9.36. The second-order valence-electron chi connectivity index (χ2n) is 8.09. The van der Waals surface area contributed by atoms with E-state index in [1.165, 1.54) is 29.5 Å². The predicted molar refractivity (Wildman–Crippen MR) is 107 cm³/mol. The number of halogens is 1. The van der Waals surface area contributed by atoms with Gasteiger partial charge in [-0.3, -0.25) is 4.79 Å². The SMILES string of the molecule is Cc1ccc(Cl)c(C2CC3(CC3)c3cc(C(=O)NC(C)C)ccc3N2)c1. The first-order valence-corrected chi connectivity index (χ1v) is 9.74. The van der Waals surface area contributed by atoms with E-state index in [1.54, 1.807) is 0 Å². The molecule has 2 N–H and O–H groups in total. The number of benzene rings is 2. The summed E-state index contributed by atoms with van der Waals surface area (Å²) in [6, 6.07) is 12.6. The molecule has 1 aliphatic carbocycles. The zero-order valence-electron chi connectivity index (χ0n) is 15.5. The van der Waals surface area contributed by atoms with Crippen LogP contribution in [0, 0.1) is 6.92 Å². The number of hydrogen-bond donors (Lipinski definition) is 2. The summed E-state index contributed by atoms with van der Waals surface area (Å²) in [6.45, 7) is 6.07. The fourth-order valence-electron chi connectivity index (χ4n) is 4.08. The van der Waals surface area contributed by atoms with Crippen molar-refractivity contribution in [2.75, 3.05) is 5.32 Å². The number of aryl methyl sites for hydroxylation is 1. The molecule has 1 spiro atoms. The van der Waals surface area contributed by atoms with Crippen molar-refractivity contribution in [3.05, 3.63) is 63.7 Å². The highest BCUT2D eigenvalue weighted by molar-refractivity contribution is 6.31. The van der Waals surface area contributed by atoms with Crippen molar-refractivity contribution >= 4 is 23.2 Å². The topological polar surface area (TPSA) is 41.1 Å². The maximum Gasteiger partial charge on any atom is 0.251 e. The van der Waals surface area contributed by atoms with E-state index >= 15 is 0 Å². The van der Waals surface area contributed by atoms with E-state index in [0.29, 0.717) is 0 Å². The van der Waals surface area contributed by atoms with Gasteiger partial charge in [0.05, 0.1) is 6.04 Å². The number of nitrogens with one attached hydrogen (secondary N) is 2. The normalized spacial score (nSPS) is 19.8. The lowest BCUT2D eigenvalue weighted by Gasteiger charge is -2.34. The molecule has 1 saturated carbocycles. The summed E-state index contributed by atoms with van der Waals surface area (Å²) in [7, 11) is 0. The highest BCUT2D eigenvalue weighted by atomic mass is 35.5. The van der Waals surface area contributed by atoms with Crippen LogP contribution in [0.5, 0.6) is 0 Å². The molecule has 1 fully saturated rings. The molecule has 0 radical (unpaired) electrons. The molecule has 1 heterocycles. The third-order valence-corrected chi connectivity index (χ3v) is 5.92. The Balaban J connectivity index is 1.68. The number of rotatable bonds is 3. The van der Waals surface area contributed by atoms with Crippen LogP contribution >= 0.6 is 11.6 Å². The standard InChI is InChI=1S/C22H25ClN2O/c1-13(2)24-21(26)15-5-7-19-17(11-15)22(8-9-22)12-20(25-19)16-10-14(3)4-6-18(16)23/h4-7,10-11,13,20,25H,8-9,12H2,1-3H3,(H,24,26). The second kappa shape index (κ2) is 6.31. The van der Waals surface area contributed by atoms with Gasteiger partial charge in [-0.15, -0.1) is 0 Å². The summed E-state index contributed by atoms with van der Waals surface area (Å²) in [6.07, 6.45) is 3.38. The molecule has 26 heavy (non-hydrogen) atoms. The molecule has 2 aromatic rings. The highest BCUT2D eigenvalue weighted by Crippen LogP contribution is 2.59. The molecule has 1 amide bonds. The lowest BCUT2D eigenvalue weighted by Crippen LogP contribution is -2.31. The highest BCUT2D eigenvalue weighted by Gasteiger charge is 2.50. The van der Waals surface area contributed by atoms with Crippen molar-refractivity contribution in [3.8, 4) is 0 Å². The number of carbonyl (C=O) groups excluding carboxylic acids is 1. The maximum absolute atomic E-state index is 12.4. The summed E-state index contributed by atoms with van der Waals surface area (Å²) in [4.78, 5) is 12.4. The summed E-state index contributed by atoms with van der Waals surface area (Å²) in [5, 5.41) is 7.47. The molecular weight excluding hydrogens is 344 g/mol. The largest absolute Gasteiger partial charge is 0.378 e. The Hall–Kier alpha value is -2.00. The Morgan fingerprint density at radius 1 is 1.23 bits per heavy atom. The molecule has 1 atom stereocenters. The van der Waals surface area contributed by atoms with Gasteiger partial charge >= 0.3 is 0 Å². The van der Waals surface area contributed by atoms with Crippen LogP contribution in [0.2, 0.25) is 5.02 Å². The van der Waals surface area contributed by atoms with Gasteiger partial charge in [0.25, 0.3) is 5.91 Å². The van der Waals surface area contributed by atoms with Gasteiger partial charge in [-0.25, -0.2) is 0 Å². The van der Waals surface area contributed by atoms with Gasteiger partial charge in [0, 0.05) is 22.3 Å². The van der Waals surface area contributed by atoms with Crippen LogP contribution in [0.3, 0.4) is 0 Å². The molecule has 1 unspecified atom stereocenters. The summed E-state index contributed by atoms with van der Waals surface area (Å²) < 4.78 is 0. The van der Waals surface area contributed by atoms with Crippen molar-refractivity contribution in [1.82, 2.24) is 5.32 Å². The molecule has 0 aromatic heterocycles. The Labute approximate surface area is 160 Å². The summed E-state index contributed by atoms with van der Waals surface area (Å²) in [5.74, 6) is 0.00227. The third kappa shape index (κ3) is 3.09. The molecule has 2 aromatic carbocycles. The van der Waals surface area contributed by atoms with E-state index < -0.39 is 0 Å². The molecule has 3 nitrogen and oxygen atoms in total. The van der Waals surface area contributed by atoms with Crippen molar-refractivity contribution in [3.63, 3.8) is 0 Å². The average molecular weight is 369 g/mol.